The lowest BCUT2D eigenvalue weighted by Crippen LogP contribution is -2.26. The Balaban J connectivity index is 1.87. The predicted molar refractivity (Wildman–Crippen MR) is 112 cm³/mol. The molecule has 0 radical (unpaired) electrons. The minimum Gasteiger partial charge on any atom is -0.488 e. The number of ether oxygens (including phenoxy) is 1. The van der Waals surface area contributed by atoms with Crippen molar-refractivity contribution in [3.63, 3.8) is 0 Å². The summed E-state index contributed by atoms with van der Waals surface area (Å²) in [4.78, 5) is 4.54. The monoisotopic (exact) mass is 381 g/mol. The number of hydrogen-bond donors (Lipinski definition) is 1. The summed E-state index contributed by atoms with van der Waals surface area (Å²) >= 11 is 6.36. The normalized spacial score (nSPS) is 10.7. The van der Waals surface area contributed by atoms with Crippen LogP contribution in [0.25, 0.3) is 11.3 Å². The summed E-state index contributed by atoms with van der Waals surface area (Å²) in [6, 6.07) is 13.9. The zero-order valence-corrected chi connectivity index (χ0v) is 16.8. The molecule has 0 amide bonds. The van der Waals surface area contributed by atoms with Crippen LogP contribution in [-0.4, -0.2) is 12.0 Å². The smallest absolute Gasteiger partial charge is 0.123 e. The highest BCUT2D eigenvalue weighted by Gasteiger charge is 2.13. The molecular formula is C22H24ClN3O. The highest BCUT2D eigenvalue weighted by Crippen LogP contribution is 2.32. The first-order chi connectivity index (χ1) is 12.9. The van der Waals surface area contributed by atoms with Gasteiger partial charge in [0, 0.05) is 29.4 Å². The van der Waals surface area contributed by atoms with Gasteiger partial charge < -0.3 is 9.75 Å². The number of anilines is 1. The Kier molecular flexibility index (Phi) is 5.68. The van der Waals surface area contributed by atoms with Gasteiger partial charge in [0.1, 0.15) is 12.4 Å². The Morgan fingerprint density at radius 1 is 1.07 bits per heavy atom. The maximum atomic E-state index is 6.36. The third-order valence-corrected chi connectivity index (χ3v) is 4.91. The van der Waals surface area contributed by atoms with Crippen LogP contribution >= 0.6 is 11.6 Å². The fourth-order valence-electron chi connectivity index (χ4n) is 3.02. The fourth-order valence-corrected chi connectivity index (χ4v) is 3.24. The number of pyridine rings is 1. The average Bonchev–Trinajstić information content (AvgIpc) is 2.63. The third-order valence-electron chi connectivity index (χ3n) is 4.56. The van der Waals surface area contributed by atoms with Gasteiger partial charge in [-0.2, -0.15) is 0 Å². The van der Waals surface area contributed by atoms with Crippen molar-refractivity contribution >= 4 is 17.3 Å². The molecule has 2 aromatic carbocycles. The van der Waals surface area contributed by atoms with Gasteiger partial charge in [-0.3, -0.25) is 4.98 Å². The Hall–Kier alpha value is -2.56. The van der Waals surface area contributed by atoms with Crippen LogP contribution in [0.5, 0.6) is 5.75 Å². The largest absolute Gasteiger partial charge is 0.488 e. The third kappa shape index (κ3) is 4.24. The Morgan fingerprint density at radius 2 is 1.85 bits per heavy atom. The van der Waals surface area contributed by atoms with Crippen LogP contribution in [-0.2, 0) is 6.61 Å². The molecule has 0 unspecified atom stereocenters. The van der Waals surface area contributed by atoms with E-state index in [2.05, 4.69) is 30.1 Å². The first-order valence-electron chi connectivity index (χ1n) is 8.79. The molecule has 27 heavy (non-hydrogen) atoms. The molecule has 0 spiro atoms. The topological polar surface area (TPSA) is 51.4 Å². The van der Waals surface area contributed by atoms with Gasteiger partial charge in [0.25, 0.3) is 0 Å². The second kappa shape index (κ2) is 7.99. The maximum Gasteiger partial charge on any atom is 0.123 e. The van der Waals surface area contributed by atoms with Gasteiger partial charge in [-0.1, -0.05) is 23.7 Å². The molecule has 0 aliphatic rings. The van der Waals surface area contributed by atoms with Gasteiger partial charge in [-0.15, -0.1) is 0 Å². The molecule has 140 valence electrons. The van der Waals surface area contributed by atoms with E-state index >= 15 is 0 Å². The molecule has 0 bridgehead atoms. The number of nitrogens with two attached hydrogens (primary N) is 1. The maximum absolute atomic E-state index is 6.36. The Morgan fingerprint density at radius 3 is 2.52 bits per heavy atom. The van der Waals surface area contributed by atoms with Crippen molar-refractivity contribution in [1.82, 2.24) is 4.98 Å². The van der Waals surface area contributed by atoms with E-state index < -0.39 is 0 Å². The number of aromatic nitrogens is 1. The second-order valence-corrected chi connectivity index (χ2v) is 7.20. The summed E-state index contributed by atoms with van der Waals surface area (Å²) in [6.45, 7) is 6.49. The summed E-state index contributed by atoms with van der Waals surface area (Å²) in [6.07, 6.45) is 1.89. The molecule has 2 N–H and O–H groups in total. The summed E-state index contributed by atoms with van der Waals surface area (Å²) < 4.78 is 6.10. The van der Waals surface area contributed by atoms with Crippen molar-refractivity contribution in [1.29, 1.82) is 0 Å². The first kappa shape index (κ1) is 19.2. The lowest BCUT2D eigenvalue weighted by molar-refractivity contribution is 0.304. The number of hydrazine groups is 1. The number of nitrogens with zero attached hydrogens (tertiary/aromatic N) is 2. The van der Waals surface area contributed by atoms with Crippen molar-refractivity contribution < 1.29 is 4.74 Å². The number of aryl methyl sites for hydroxylation is 3. The minimum absolute atomic E-state index is 0.346. The van der Waals surface area contributed by atoms with E-state index in [0.717, 1.165) is 44.9 Å². The second-order valence-electron chi connectivity index (χ2n) is 6.79. The zero-order chi connectivity index (χ0) is 19.6. The van der Waals surface area contributed by atoms with Crippen LogP contribution in [0.15, 0.2) is 48.7 Å². The van der Waals surface area contributed by atoms with Crippen LogP contribution in [0.4, 0.5) is 5.69 Å². The number of halogens is 1. The van der Waals surface area contributed by atoms with Gasteiger partial charge in [-0.25, -0.2) is 5.84 Å². The summed E-state index contributed by atoms with van der Waals surface area (Å²) in [5, 5.41) is 2.19. The van der Waals surface area contributed by atoms with Crippen molar-refractivity contribution in [3.05, 3.63) is 75.9 Å². The molecule has 0 aliphatic carbocycles. The van der Waals surface area contributed by atoms with E-state index in [1.807, 2.05) is 44.3 Å². The lowest BCUT2D eigenvalue weighted by Gasteiger charge is -2.19. The molecule has 3 aromatic rings. The lowest BCUT2D eigenvalue weighted by atomic mass is 10.0. The number of hydrogen-bond acceptors (Lipinski definition) is 4. The van der Waals surface area contributed by atoms with Crippen LogP contribution < -0.4 is 15.6 Å². The quantitative estimate of drug-likeness (QED) is 0.486. The summed E-state index contributed by atoms with van der Waals surface area (Å²) in [7, 11) is 1.79. The van der Waals surface area contributed by atoms with E-state index in [0.29, 0.717) is 11.6 Å². The molecular weight excluding hydrogens is 358 g/mol. The van der Waals surface area contributed by atoms with Crippen molar-refractivity contribution in [2.45, 2.75) is 27.4 Å². The molecule has 1 aromatic heterocycles. The molecule has 0 aliphatic heterocycles. The molecule has 3 rings (SSSR count). The van der Waals surface area contributed by atoms with Gasteiger partial charge in [-0.05, 0) is 67.8 Å². The van der Waals surface area contributed by atoms with Gasteiger partial charge in [0.15, 0.2) is 0 Å². The van der Waals surface area contributed by atoms with E-state index in [1.54, 1.807) is 12.1 Å². The van der Waals surface area contributed by atoms with Gasteiger partial charge in [0.2, 0.25) is 0 Å². The minimum atomic E-state index is 0.346. The molecule has 4 nitrogen and oxygen atoms in total. The zero-order valence-electron chi connectivity index (χ0n) is 16.1. The Bertz CT molecular complexity index is 953. The van der Waals surface area contributed by atoms with E-state index in [1.165, 1.54) is 0 Å². The van der Waals surface area contributed by atoms with Crippen LogP contribution in [0.2, 0.25) is 5.02 Å². The molecule has 0 fully saturated rings. The Labute approximate surface area is 165 Å². The van der Waals surface area contributed by atoms with E-state index in [9.17, 15) is 0 Å². The van der Waals surface area contributed by atoms with E-state index in [4.69, 9.17) is 22.2 Å². The fraction of sp³-hybridized carbons (Fsp3) is 0.227. The van der Waals surface area contributed by atoms with Crippen LogP contribution in [0, 0.1) is 20.8 Å². The number of rotatable bonds is 5. The van der Waals surface area contributed by atoms with Crippen molar-refractivity contribution in [3.8, 4) is 17.0 Å². The highest BCUT2D eigenvalue weighted by atomic mass is 35.5. The summed E-state index contributed by atoms with van der Waals surface area (Å²) in [5.74, 6) is 6.74. The molecule has 0 atom stereocenters. The highest BCUT2D eigenvalue weighted by molar-refractivity contribution is 6.31. The predicted octanol–water partition coefficient (Wildman–Crippen LogP) is 5.22. The van der Waals surface area contributed by atoms with Crippen molar-refractivity contribution in [2.75, 3.05) is 12.1 Å². The van der Waals surface area contributed by atoms with Crippen LogP contribution in [0.1, 0.15) is 22.3 Å². The van der Waals surface area contributed by atoms with Gasteiger partial charge in [0.05, 0.1) is 11.4 Å². The summed E-state index contributed by atoms with van der Waals surface area (Å²) in [5.41, 5.74) is 7.09. The number of benzene rings is 2. The standard InChI is InChI=1S/C22H24ClN3O/c1-14-8-9-20(25-12-14)17-10-16(3)22(11-15(17)2)27-13-18-19(23)6-5-7-21(18)26(4)24/h5-12H,13,24H2,1-4H3. The molecule has 1 heterocycles. The van der Waals surface area contributed by atoms with E-state index in [-0.39, 0.29) is 0 Å². The van der Waals surface area contributed by atoms with Gasteiger partial charge >= 0.3 is 0 Å². The molecule has 0 saturated carbocycles. The SMILES string of the molecule is Cc1ccc(-c2cc(C)c(OCc3c(Cl)cccc3N(C)N)cc2C)nc1. The van der Waals surface area contributed by atoms with Crippen LogP contribution in [0.3, 0.4) is 0 Å². The molecule has 0 saturated heterocycles. The molecule has 5 heteroatoms. The first-order valence-corrected chi connectivity index (χ1v) is 9.17. The average molecular weight is 382 g/mol. The van der Waals surface area contributed by atoms with Crippen molar-refractivity contribution in [2.24, 2.45) is 5.84 Å².